The molecule has 0 atom stereocenters. The summed E-state index contributed by atoms with van der Waals surface area (Å²) in [6, 6.07) is 12.0. The van der Waals surface area contributed by atoms with Gasteiger partial charge in [-0.05, 0) is 55.7 Å². The van der Waals surface area contributed by atoms with E-state index in [1.54, 1.807) is 18.0 Å². The highest BCUT2D eigenvalue weighted by atomic mass is 32.2. The van der Waals surface area contributed by atoms with Crippen molar-refractivity contribution in [3.05, 3.63) is 65.2 Å². The summed E-state index contributed by atoms with van der Waals surface area (Å²) >= 11 is 1.56. The minimum Gasteiger partial charge on any atom is -0.486 e. The van der Waals surface area contributed by atoms with Gasteiger partial charge in [-0.25, -0.2) is 4.68 Å². The first kappa shape index (κ1) is 17.3. The van der Waals surface area contributed by atoms with Gasteiger partial charge in [0.1, 0.15) is 12.4 Å². The molecule has 0 aliphatic heterocycles. The van der Waals surface area contributed by atoms with Crippen molar-refractivity contribution in [3.8, 4) is 5.75 Å². The molecule has 0 unspecified atom stereocenters. The summed E-state index contributed by atoms with van der Waals surface area (Å²) < 4.78 is 7.29. The summed E-state index contributed by atoms with van der Waals surface area (Å²) in [4.78, 5) is 4.31. The largest absolute Gasteiger partial charge is 0.486 e. The molecule has 3 rings (SSSR count). The molecule has 2 aromatic heterocycles. The van der Waals surface area contributed by atoms with E-state index in [-0.39, 0.29) is 6.61 Å². The Morgan fingerprint density at radius 1 is 1.12 bits per heavy atom. The van der Waals surface area contributed by atoms with Crippen LogP contribution in [0.15, 0.2) is 47.8 Å². The first-order valence-electron chi connectivity index (χ1n) is 8.05. The van der Waals surface area contributed by atoms with Gasteiger partial charge in [0.05, 0.1) is 0 Å². The fraction of sp³-hybridized carbons (Fsp3) is 0.278. The number of aromatic nitrogens is 4. The second kappa shape index (κ2) is 8.02. The van der Waals surface area contributed by atoms with E-state index < -0.39 is 0 Å². The lowest BCUT2D eigenvalue weighted by Gasteiger charge is -2.08. The third-order valence-electron chi connectivity index (χ3n) is 3.61. The number of aryl methyl sites for hydroxylation is 3. The van der Waals surface area contributed by atoms with Gasteiger partial charge in [0.15, 0.2) is 5.82 Å². The molecule has 25 heavy (non-hydrogen) atoms. The molecule has 0 aliphatic carbocycles. The van der Waals surface area contributed by atoms with Gasteiger partial charge in [0, 0.05) is 17.6 Å². The van der Waals surface area contributed by atoms with Crippen molar-refractivity contribution in [1.82, 2.24) is 19.9 Å². The van der Waals surface area contributed by atoms with Crippen LogP contribution in [0.2, 0.25) is 0 Å². The molecule has 3 aromatic rings. The Morgan fingerprint density at radius 3 is 2.64 bits per heavy atom. The molecule has 0 aliphatic rings. The van der Waals surface area contributed by atoms with Crippen LogP contribution >= 0.6 is 11.8 Å². The van der Waals surface area contributed by atoms with Gasteiger partial charge in [-0.15, -0.1) is 10.2 Å². The summed E-state index contributed by atoms with van der Waals surface area (Å²) in [5, 5.41) is 8.95. The van der Waals surface area contributed by atoms with Crippen molar-refractivity contribution in [1.29, 1.82) is 0 Å². The van der Waals surface area contributed by atoms with Crippen LogP contribution in [0.1, 0.15) is 22.6 Å². The second-order valence-corrected chi connectivity index (χ2v) is 6.86. The predicted molar refractivity (Wildman–Crippen MR) is 99.1 cm³/mol. The quantitative estimate of drug-likeness (QED) is 0.518. The number of ether oxygens (including phenoxy) is 1. The van der Waals surface area contributed by atoms with E-state index in [2.05, 4.69) is 21.2 Å². The van der Waals surface area contributed by atoms with Crippen LogP contribution in [0.4, 0.5) is 0 Å². The lowest BCUT2D eigenvalue weighted by molar-refractivity contribution is 0.291. The highest BCUT2D eigenvalue weighted by Crippen LogP contribution is 2.19. The maximum absolute atomic E-state index is 6.08. The number of nitrogens with two attached hydrogens (primary N) is 1. The predicted octanol–water partition coefficient (Wildman–Crippen LogP) is 2.92. The number of rotatable bonds is 7. The molecule has 0 fully saturated rings. The van der Waals surface area contributed by atoms with Gasteiger partial charge in [0.25, 0.3) is 0 Å². The SMILES string of the molecule is Cc1cc(C)cc(OCc2nnc(SCCc3ccccn3)n2N)c1. The summed E-state index contributed by atoms with van der Waals surface area (Å²) in [5.41, 5.74) is 3.38. The molecule has 0 spiro atoms. The fourth-order valence-electron chi connectivity index (χ4n) is 2.46. The Morgan fingerprint density at radius 2 is 1.92 bits per heavy atom. The Labute approximate surface area is 151 Å². The van der Waals surface area contributed by atoms with Crippen molar-refractivity contribution in [3.63, 3.8) is 0 Å². The fourth-order valence-corrected chi connectivity index (χ4v) is 3.30. The normalized spacial score (nSPS) is 10.8. The van der Waals surface area contributed by atoms with Crippen molar-refractivity contribution in [2.75, 3.05) is 11.6 Å². The molecular weight excluding hydrogens is 334 g/mol. The second-order valence-electron chi connectivity index (χ2n) is 5.80. The number of nitrogen functional groups attached to an aromatic ring is 1. The van der Waals surface area contributed by atoms with Gasteiger partial charge < -0.3 is 10.6 Å². The van der Waals surface area contributed by atoms with E-state index in [0.717, 1.165) is 34.7 Å². The zero-order valence-corrected chi connectivity index (χ0v) is 15.2. The third-order valence-corrected chi connectivity index (χ3v) is 4.56. The van der Waals surface area contributed by atoms with E-state index in [9.17, 15) is 0 Å². The molecule has 0 amide bonds. The zero-order valence-electron chi connectivity index (χ0n) is 14.3. The lowest BCUT2D eigenvalue weighted by Crippen LogP contribution is -2.16. The maximum atomic E-state index is 6.08. The van der Waals surface area contributed by atoms with E-state index in [1.165, 1.54) is 4.68 Å². The smallest absolute Gasteiger partial charge is 0.209 e. The van der Waals surface area contributed by atoms with Gasteiger partial charge in [-0.3, -0.25) is 4.98 Å². The van der Waals surface area contributed by atoms with Gasteiger partial charge >= 0.3 is 0 Å². The van der Waals surface area contributed by atoms with Crippen LogP contribution in [0.5, 0.6) is 5.75 Å². The highest BCUT2D eigenvalue weighted by molar-refractivity contribution is 7.99. The van der Waals surface area contributed by atoms with E-state index >= 15 is 0 Å². The van der Waals surface area contributed by atoms with Crippen LogP contribution in [0, 0.1) is 13.8 Å². The molecule has 2 heterocycles. The van der Waals surface area contributed by atoms with Crippen LogP contribution in [-0.4, -0.2) is 25.6 Å². The molecule has 6 nitrogen and oxygen atoms in total. The average Bonchev–Trinajstić information content (AvgIpc) is 2.93. The molecule has 0 saturated carbocycles. The van der Waals surface area contributed by atoms with Crippen LogP contribution in [0.25, 0.3) is 0 Å². The zero-order chi connectivity index (χ0) is 17.6. The van der Waals surface area contributed by atoms with E-state index in [4.69, 9.17) is 10.6 Å². The molecule has 0 saturated heterocycles. The molecule has 130 valence electrons. The Balaban J connectivity index is 1.55. The van der Waals surface area contributed by atoms with Crippen molar-refractivity contribution in [2.24, 2.45) is 0 Å². The van der Waals surface area contributed by atoms with Gasteiger partial charge in [-0.2, -0.15) is 0 Å². The Hall–Kier alpha value is -2.54. The molecule has 1 aromatic carbocycles. The maximum Gasteiger partial charge on any atom is 0.209 e. The van der Waals surface area contributed by atoms with Crippen LogP contribution < -0.4 is 10.6 Å². The van der Waals surface area contributed by atoms with Gasteiger partial charge in [0.2, 0.25) is 5.16 Å². The molecule has 2 N–H and O–H groups in total. The number of benzene rings is 1. The topological polar surface area (TPSA) is 78.9 Å². The Bertz CT molecular complexity index is 814. The number of pyridine rings is 1. The third kappa shape index (κ3) is 4.73. The first-order chi connectivity index (χ1) is 12.1. The lowest BCUT2D eigenvalue weighted by atomic mass is 10.1. The van der Waals surface area contributed by atoms with Crippen molar-refractivity contribution >= 4 is 11.8 Å². The summed E-state index contributed by atoms with van der Waals surface area (Å²) in [7, 11) is 0. The van der Waals surface area contributed by atoms with E-state index in [0.29, 0.717) is 11.0 Å². The average molecular weight is 355 g/mol. The summed E-state index contributed by atoms with van der Waals surface area (Å²) in [6.07, 6.45) is 2.65. The molecule has 0 radical (unpaired) electrons. The first-order valence-corrected chi connectivity index (χ1v) is 9.03. The van der Waals surface area contributed by atoms with Crippen LogP contribution in [0.3, 0.4) is 0 Å². The number of thioether (sulfide) groups is 1. The molecule has 7 heteroatoms. The number of nitrogens with zero attached hydrogens (tertiary/aromatic N) is 4. The number of hydrogen-bond donors (Lipinski definition) is 1. The van der Waals surface area contributed by atoms with Crippen molar-refractivity contribution < 1.29 is 4.74 Å². The highest BCUT2D eigenvalue weighted by Gasteiger charge is 2.11. The molecule has 0 bridgehead atoms. The monoisotopic (exact) mass is 355 g/mol. The number of hydrogen-bond acceptors (Lipinski definition) is 6. The van der Waals surface area contributed by atoms with Gasteiger partial charge in [-0.1, -0.05) is 23.9 Å². The van der Waals surface area contributed by atoms with Crippen molar-refractivity contribution in [2.45, 2.75) is 32.0 Å². The standard InChI is InChI=1S/C18H21N5OS/c1-13-9-14(2)11-16(10-13)24-12-17-21-22-18(23(17)19)25-8-6-15-5-3-4-7-20-15/h3-5,7,9-11H,6,8,12,19H2,1-2H3. The minimum atomic E-state index is 0.285. The minimum absolute atomic E-state index is 0.285. The van der Waals surface area contributed by atoms with Crippen LogP contribution in [-0.2, 0) is 13.0 Å². The Kier molecular flexibility index (Phi) is 5.55. The summed E-state index contributed by atoms with van der Waals surface area (Å²) in [5.74, 6) is 8.33. The summed E-state index contributed by atoms with van der Waals surface area (Å²) in [6.45, 7) is 4.37. The van der Waals surface area contributed by atoms with E-state index in [1.807, 2.05) is 44.2 Å². The molecular formula is C18H21N5OS.